The number of aryl methyl sites for hydroxylation is 1. The number of hydrogen-bond acceptors (Lipinski definition) is 3. The van der Waals surface area contributed by atoms with Crippen LogP contribution in [0.25, 0.3) is 10.9 Å². The van der Waals surface area contributed by atoms with Crippen LogP contribution in [-0.2, 0) is 30.7 Å². The summed E-state index contributed by atoms with van der Waals surface area (Å²) in [7, 11) is 0. The number of rotatable bonds is 5. The summed E-state index contributed by atoms with van der Waals surface area (Å²) in [5, 5.41) is 9.61. The Kier molecular flexibility index (Phi) is 6.51. The molecule has 1 aliphatic rings. The Morgan fingerprint density at radius 2 is 1.85 bits per heavy atom. The van der Waals surface area contributed by atoms with Crippen molar-refractivity contribution in [1.29, 1.82) is 0 Å². The molecule has 5 rings (SSSR count). The molecule has 2 heterocycles. The highest BCUT2D eigenvalue weighted by Crippen LogP contribution is 2.32. The van der Waals surface area contributed by atoms with Crippen LogP contribution in [-0.4, -0.2) is 25.4 Å². The van der Waals surface area contributed by atoms with Crippen LogP contribution in [0.15, 0.2) is 60.9 Å². The molecule has 2 aromatic heterocycles. The molecule has 0 radical (unpaired) electrons. The van der Waals surface area contributed by atoms with Crippen molar-refractivity contribution in [2.75, 3.05) is 5.32 Å². The number of carbonyl (C=O) groups is 1. The highest BCUT2D eigenvalue weighted by molar-refractivity contribution is 7.80. The molecule has 0 atom stereocenters. The van der Waals surface area contributed by atoms with Gasteiger partial charge in [0.15, 0.2) is 5.11 Å². The quantitative estimate of drug-likeness (QED) is 0.284. The van der Waals surface area contributed by atoms with Crippen molar-refractivity contribution in [2.24, 2.45) is 0 Å². The molecule has 4 aromatic rings. The molecule has 0 aliphatic heterocycles. The summed E-state index contributed by atoms with van der Waals surface area (Å²) >= 11 is 11.6. The molecule has 0 unspecified atom stereocenters. The number of para-hydroxylation sites is 1. The number of halogens is 1. The van der Waals surface area contributed by atoms with E-state index in [0.29, 0.717) is 17.3 Å². The van der Waals surface area contributed by atoms with Gasteiger partial charge in [-0.3, -0.25) is 20.3 Å². The molecule has 0 saturated carbocycles. The van der Waals surface area contributed by atoms with Gasteiger partial charge in [-0.1, -0.05) is 48.0 Å². The number of fused-ring (bicyclic) bond motifs is 3. The van der Waals surface area contributed by atoms with E-state index in [4.69, 9.17) is 23.8 Å². The van der Waals surface area contributed by atoms with Crippen molar-refractivity contribution < 1.29 is 4.79 Å². The third kappa shape index (κ3) is 4.78. The lowest BCUT2D eigenvalue weighted by molar-refractivity contribution is -0.122. The molecule has 1 amide bonds. The second-order valence-corrected chi connectivity index (χ2v) is 9.20. The van der Waals surface area contributed by atoms with Gasteiger partial charge in [-0.05, 0) is 61.2 Å². The van der Waals surface area contributed by atoms with Crippen LogP contribution >= 0.6 is 23.8 Å². The van der Waals surface area contributed by atoms with Crippen LogP contribution in [0.1, 0.15) is 29.7 Å². The van der Waals surface area contributed by atoms with Gasteiger partial charge in [-0.2, -0.15) is 5.10 Å². The zero-order chi connectivity index (χ0) is 23.5. The summed E-state index contributed by atoms with van der Waals surface area (Å²) in [6.45, 7) is 0.786. The number of hydrogen-bond donors (Lipinski definition) is 3. The van der Waals surface area contributed by atoms with Crippen molar-refractivity contribution in [1.82, 2.24) is 25.2 Å². The predicted octanol–water partition coefficient (Wildman–Crippen LogP) is 4.44. The van der Waals surface area contributed by atoms with Crippen molar-refractivity contribution in [3.8, 4) is 0 Å². The first kappa shape index (κ1) is 22.4. The smallest absolute Gasteiger partial charge is 0.258 e. The van der Waals surface area contributed by atoms with Crippen molar-refractivity contribution >= 4 is 51.4 Å². The second-order valence-electron chi connectivity index (χ2n) is 8.38. The van der Waals surface area contributed by atoms with Crippen molar-refractivity contribution in [3.05, 3.63) is 82.8 Å². The number of thiocarbonyl (C=S) groups is 1. The van der Waals surface area contributed by atoms with Crippen LogP contribution < -0.4 is 16.2 Å². The third-order valence-electron chi connectivity index (χ3n) is 6.08. The highest BCUT2D eigenvalue weighted by Gasteiger charge is 2.21. The van der Waals surface area contributed by atoms with E-state index in [1.54, 1.807) is 10.9 Å². The van der Waals surface area contributed by atoms with Gasteiger partial charge in [0.1, 0.15) is 6.54 Å². The molecule has 7 nitrogen and oxygen atoms in total. The first-order valence-electron chi connectivity index (χ1n) is 11.3. The number of nitrogens with one attached hydrogen (secondary N) is 3. The number of amides is 1. The molecule has 2 aromatic carbocycles. The maximum absolute atomic E-state index is 12.7. The molecule has 0 saturated heterocycles. The van der Waals surface area contributed by atoms with Gasteiger partial charge in [-0.15, -0.1) is 0 Å². The largest absolute Gasteiger partial charge is 0.335 e. The van der Waals surface area contributed by atoms with E-state index in [0.717, 1.165) is 30.3 Å². The van der Waals surface area contributed by atoms with Gasteiger partial charge < -0.3 is 9.88 Å². The minimum Gasteiger partial charge on any atom is -0.335 e. The third-order valence-corrected chi connectivity index (χ3v) is 6.66. The molecule has 0 fully saturated rings. The summed E-state index contributed by atoms with van der Waals surface area (Å²) < 4.78 is 3.90. The van der Waals surface area contributed by atoms with E-state index in [1.807, 2.05) is 36.5 Å². The first-order chi connectivity index (χ1) is 16.6. The standard InChI is InChI=1S/C25H25ClN6OS/c26-21-10-4-1-7-17(21)14-31-15-18(13-27-31)28-25(34)30-29-24(33)16-32-22-11-5-2-8-19(22)20-9-3-6-12-23(20)32/h1-2,4-5,7-8,10-11,13,15H,3,6,9,12,14,16H2,(H,29,33)(H2,28,30,34). The number of anilines is 1. The van der Waals surface area contributed by atoms with Crippen LogP contribution in [0.5, 0.6) is 0 Å². The lowest BCUT2D eigenvalue weighted by Crippen LogP contribution is -2.45. The van der Waals surface area contributed by atoms with Crippen LogP contribution in [0.4, 0.5) is 5.69 Å². The van der Waals surface area contributed by atoms with E-state index in [-0.39, 0.29) is 17.6 Å². The van der Waals surface area contributed by atoms with Gasteiger partial charge >= 0.3 is 0 Å². The van der Waals surface area contributed by atoms with Gasteiger partial charge in [0.05, 0.1) is 18.4 Å². The average molecular weight is 493 g/mol. The highest BCUT2D eigenvalue weighted by atomic mass is 35.5. The minimum absolute atomic E-state index is 0.160. The monoisotopic (exact) mass is 492 g/mol. The summed E-state index contributed by atoms with van der Waals surface area (Å²) in [4.78, 5) is 12.7. The number of nitrogens with zero attached hydrogens (tertiary/aromatic N) is 3. The fraction of sp³-hybridized carbons (Fsp3) is 0.240. The fourth-order valence-corrected chi connectivity index (χ4v) is 4.92. The SMILES string of the molecule is O=C(Cn1c2c(c3ccccc31)CCCC2)NNC(=S)Nc1cnn(Cc2ccccc2Cl)c1. The minimum atomic E-state index is -0.160. The normalized spacial score (nSPS) is 12.9. The van der Waals surface area contributed by atoms with E-state index < -0.39 is 0 Å². The number of benzene rings is 2. The van der Waals surface area contributed by atoms with E-state index >= 15 is 0 Å². The van der Waals surface area contributed by atoms with Gasteiger partial charge in [0.25, 0.3) is 5.91 Å². The summed E-state index contributed by atoms with van der Waals surface area (Å²) in [5.74, 6) is -0.160. The van der Waals surface area contributed by atoms with Crippen molar-refractivity contribution in [2.45, 2.75) is 38.8 Å². The summed E-state index contributed by atoms with van der Waals surface area (Å²) in [5.41, 5.74) is 11.0. The number of carbonyl (C=O) groups excluding carboxylic acids is 1. The molecule has 1 aliphatic carbocycles. The van der Waals surface area contributed by atoms with E-state index in [1.165, 1.54) is 23.1 Å². The molecular weight excluding hydrogens is 468 g/mol. The molecule has 9 heteroatoms. The van der Waals surface area contributed by atoms with Crippen LogP contribution in [0, 0.1) is 0 Å². The Bertz CT molecular complexity index is 1360. The maximum Gasteiger partial charge on any atom is 0.258 e. The lowest BCUT2D eigenvalue weighted by Gasteiger charge is -2.16. The van der Waals surface area contributed by atoms with Crippen LogP contribution in [0.2, 0.25) is 5.02 Å². The molecular formula is C25H25ClN6OS. The van der Waals surface area contributed by atoms with Gasteiger partial charge in [0, 0.05) is 27.8 Å². The molecule has 174 valence electrons. The van der Waals surface area contributed by atoms with E-state index in [9.17, 15) is 4.79 Å². The Labute approximate surface area is 208 Å². The van der Waals surface area contributed by atoms with Gasteiger partial charge in [-0.25, -0.2) is 0 Å². The van der Waals surface area contributed by atoms with Gasteiger partial charge in [0.2, 0.25) is 0 Å². The Balaban J connectivity index is 1.17. The Hall–Kier alpha value is -3.36. The zero-order valence-electron chi connectivity index (χ0n) is 18.6. The van der Waals surface area contributed by atoms with E-state index in [2.05, 4.69) is 44.0 Å². The zero-order valence-corrected chi connectivity index (χ0v) is 20.1. The topological polar surface area (TPSA) is 75.9 Å². The maximum atomic E-state index is 12.7. The fourth-order valence-electron chi connectivity index (χ4n) is 4.56. The van der Waals surface area contributed by atoms with Crippen LogP contribution in [0.3, 0.4) is 0 Å². The number of aromatic nitrogens is 3. The molecule has 0 spiro atoms. The second kappa shape index (κ2) is 9.87. The number of hydrazine groups is 1. The Morgan fingerprint density at radius 3 is 2.74 bits per heavy atom. The first-order valence-corrected chi connectivity index (χ1v) is 12.1. The molecule has 3 N–H and O–H groups in total. The molecule has 34 heavy (non-hydrogen) atoms. The average Bonchev–Trinajstić information content (AvgIpc) is 3.42. The summed E-state index contributed by atoms with van der Waals surface area (Å²) in [6.07, 6.45) is 7.93. The predicted molar refractivity (Wildman–Crippen MR) is 139 cm³/mol. The van der Waals surface area contributed by atoms with Crippen molar-refractivity contribution in [3.63, 3.8) is 0 Å². The molecule has 0 bridgehead atoms. The Morgan fingerprint density at radius 1 is 1.06 bits per heavy atom. The summed E-state index contributed by atoms with van der Waals surface area (Å²) in [6, 6.07) is 16.0. The lowest BCUT2D eigenvalue weighted by atomic mass is 9.96.